The minimum atomic E-state index is 0.124. The molecule has 2 aromatic rings. The third-order valence-corrected chi connectivity index (χ3v) is 5.22. The Balaban J connectivity index is 1.70. The van der Waals surface area contributed by atoms with Crippen molar-refractivity contribution in [1.29, 1.82) is 0 Å². The molecular formula is C20H24N2. The van der Waals surface area contributed by atoms with Crippen LogP contribution in [0.5, 0.6) is 0 Å². The zero-order valence-corrected chi connectivity index (χ0v) is 13.0. The van der Waals surface area contributed by atoms with Crippen LogP contribution in [0.4, 0.5) is 0 Å². The molecule has 0 amide bonds. The highest BCUT2D eigenvalue weighted by Gasteiger charge is 2.45. The third-order valence-electron chi connectivity index (χ3n) is 5.22. The van der Waals surface area contributed by atoms with Crippen LogP contribution in [0, 0.1) is 0 Å². The van der Waals surface area contributed by atoms with Gasteiger partial charge in [-0.3, -0.25) is 10.6 Å². The predicted octanol–water partition coefficient (Wildman–Crippen LogP) is 4.32. The molecule has 114 valence electrons. The highest BCUT2D eigenvalue weighted by Crippen LogP contribution is 2.42. The van der Waals surface area contributed by atoms with Gasteiger partial charge in [-0.25, -0.2) is 0 Å². The van der Waals surface area contributed by atoms with Crippen molar-refractivity contribution in [2.75, 3.05) is 0 Å². The molecule has 2 aromatic carbocycles. The van der Waals surface area contributed by atoms with Gasteiger partial charge in [0, 0.05) is 0 Å². The van der Waals surface area contributed by atoms with Crippen LogP contribution in [-0.4, -0.2) is 5.66 Å². The lowest BCUT2D eigenvalue weighted by Gasteiger charge is -2.34. The van der Waals surface area contributed by atoms with Gasteiger partial charge in [-0.1, -0.05) is 79.9 Å². The average Bonchev–Trinajstić information content (AvgIpc) is 2.96. The lowest BCUT2D eigenvalue weighted by atomic mass is 9.89. The van der Waals surface area contributed by atoms with Crippen LogP contribution in [0.2, 0.25) is 0 Å². The number of nitrogens with one attached hydrogen (secondary N) is 2. The maximum Gasteiger partial charge on any atom is 0.0697 e. The second-order valence-electron chi connectivity index (χ2n) is 6.71. The van der Waals surface area contributed by atoms with Crippen LogP contribution in [0.15, 0.2) is 60.7 Å². The number of rotatable bonds is 2. The Hall–Kier alpha value is -1.64. The van der Waals surface area contributed by atoms with E-state index in [1.807, 2.05) is 0 Å². The summed E-state index contributed by atoms with van der Waals surface area (Å²) in [7, 11) is 0. The van der Waals surface area contributed by atoms with Gasteiger partial charge in [0.2, 0.25) is 0 Å². The molecule has 2 aliphatic rings. The average molecular weight is 292 g/mol. The first kappa shape index (κ1) is 14.0. The minimum absolute atomic E-state index is 0.124. The molecule has 4 rings (SSSR count). The molecule has 2 nitrogen and oxygen atoms in total. The maximum absolute atomic E-state index is 3.96. The summed E-state index contributed by atoms with van der Waals surface area (Å²) in [6.07, 6.45) is 6.49. The first-order valence-corrected chi connectivity index (χ1v) is 8.52. The van der Waals surface area contributed by atoms with Crippen molar-refractivity contribution in [3.05, 3.63) is 71.8 Å². The summed E-state index contributed by atoms with van der Waals surface area (Å²) in [6.45, 7) is 0. The number of benzene rings is 2. The van der Waals surface area contributed by atoms with Crippen molar-refractivity contribution in [3.63, 3.8) is 0 Å². The molecule has 1 saturated heterocycles. The topological polar surface area (TPSA) is 24.1 Å². The monoisotopic (exact) mass is 292 g/mol. The molecule has 2 atom stereocenters. The van der Waals surface area contributed by atoms with Crippen LogP contribution in [0.1, 0.15) is 55.3 Å². The first-order chi connectivity index (χ1) is 10.9. The van der Waals surface area contributed by atoms with Gasteiger partial charge < -0.3 is 0 Å². The fraction of sp³-hybridized carbons (Fsp3) is 0.400. The molecule has 1 heterocycles. The molecule has 0 radical (unpaired) electrons. The number of hydrogen-bond donors (Lipinski definition) is 2. The third kappa shape index (κ3) is 2.57. The highest BCUT2D eigenvalue weighted by molar-refractivity contribution is 5.31. The summed E-state index contributed by atoms with van der Waals surface area (Å²) in [5.74, 6) is 0. The van der Waals surface area contributed by atoms with Gasteiger partial charge in [0.15, 0.2) is 0 Å². The lowest BCUT2D eigenvalue weighted by Crippen LogP contribution is -2.50. The van der Waals surface area contributed by atoms with E-state index in [4.69, 9.17) is 0 Å². The van der Waals surface area contributed by atoms with Crippen molar-refractivity contribution in [2.24, 2.45) is 0 Å². The van der Waals surface area contributed by atoms with Crippen LogP contribution in [0.3, 0.4) is 0 Å². The summed E-state index contributed by atoms with van der Waals surface area (Å²) in [5, 5.41) is 7.92. The van der Waals surface area contributed by atoms with Crippen LogP contribution in [0.25, 0.3) is 0 Å². The molecule has 2 fully saturated rings. The van der Waals surface area contributed by atoms with Crippen molar-refractivity contribution in [3.8, 4) is 0 Å². The minimum Gasteiger partial charge on any atom is -0.291 e. The molecular weight excluding hydrogens is 268 g/mol. The summed E-state index contributed by atoms with van der Waals surface area (Å²) in [4.78, 5) is 0. The Bertz CT molecular complexity index is 553. The molecule has 1 aliphatic carbocycles. The lowest BCUT2D eigenvalue weighted by molar-refractivity contribution is 0.223. The summed E-state index contributed by atoms with van der Waals surface area (Å²) < 4.78 is 0. The first-order valence-electron chi connectivity index (χ1n) is 8.52. The smallest absolute Gasteiger partial charge is 0.0697 e. The fourth-order valence-corrected chi connectivity index (χ4v) is 4.12. The molecule has 1 saturated carbocycles. The van der Waals surface area contributed by atoms with Gasteiger partial charge in [-0.15, -0.1) is 0 Å². The molecule has 2 unspecified atom stereocenters. The Labute approximate surface area is 132 Å². The van der Waals surface area contributed by atoms with Crippen molar-refractivity contribution >= 4 is 0 Å². The van der Waals surface area contributed by atoms with Gasteiger partial charge in [-0.2, -0.15) is 0 Å². The van der Waals surface area contributed by atoms with E-state index in [-0.39, 0.29) is 5.66 Å². The molecule has 22 heavy (non-hydrogen) atoms. The van der Waals surface area contributed by atoms with Gasteiger partial charge in [0.25, 0.3) is 0 Å². The molecule has 0 bridgehead atoms. The molecule has 0 aromatic heterocycles. The second-order valence-corrected chi connectivity index (χ2v) is 6.71. The zero-order chi connectivity index (χ0) is 14.8. The zero-order valence-electron chi connectivity index (χ0n) is 13.0. The van der Waals surface area contributed by atoms with E-state index in [0.717, 1.165) is 0 Å². The van der Waals surface area contributed by atoms with Gasteiger partial charge in [0.1, 0.15) is 0 Å². The Morgan fingerprint density at radius 1 is 0.636 bits per heavy atom. The van der Waals surface area contributed by atoms with Crippen LogP contribution < -0.4 is 10.6 Å². The van der Waals surface area contributed by atoms with Crippen molar-refractivity contribution in [2.45, 2.75) is 49.9 Å². The highest BCUT2D eigenvalue weighted by atomic mass is 15.3. The largest absolute Gasteiger partial charge is 0.291 e. The van der Waals surface area contributed by atoms with E-state index >= 15 is 0 Å². The Morgan fingerprint density at radius 2 is 1.09 bits per heavy atom. The summed E-state index contributed by atoms with van der Waals surface area (Å²) in [5.41, 5.74) is 2.89. The molecule has 2 heteroatoms. The molecule has 1 spiro atoms. The van der Waals surface area contributed by atoms with Crippen LogP contribution >= 0.6 is 0 Å². The Kier molecular flexibility index (Phi) is 3.73. The van der Waals surface area contributed by atoms with Crippen molar-refractivity contribution < 1.29 is 0 Å². The van der Waals surface area contributed by atoms with E-state index in [9.17, 15) is 0 Å². The summed E-state index contributed by atoms with van der Waals surface area (Å²) >= 11 is 0. The Morgan fingerprint density at radius 3 is 1.55 bits per heavy atom. The fourth-order valence-electron chi connectivity index (χ4n) is 4.12. The van der Waals surface area contributed by atoms with Gasteiger partial charge >= 0.3 is 0 Å². The normalized spacial score (nSPS) is 27.1. The van der Waals surface area contributed by atoms with E-state index in [2.05, 4.69) is 71.3 Å². The second kappa shape index (κ2) is 5.86. The van der Waals surface area contributed by atoms with Gasteiger partial charge in [-0.05, 0) is 24.0 Å². The van der Waals surface area contributed by atoms with E-state index in [0.29, 0.717) is 12.1 Å². The van der Waals surface area contributed by atoms with E-state index < -0.39 is 0 Å². The maximum atomic E-state index is 3.96. The quantitative estimate of drug-likeness (QED) is 0.861. The SMILES string of the molecule is c1ccc(C2NC3(CCCCC3)NC2c2ccccc2)cc1. The van der Waals surface area contributed by atoms with E-state index in [1.165, 1.54) is 43.2 Å². The van der Waals surface area contributed by atoms with Crippen molar-refractivity contribution in [1.82, 2.24) is 10.6 Å². The molecule has 2 N–H and O–H groups in total. The molecule has 1 aliphatic heterocycles. The number of hydrogen-bond acceptors (Lipinski definition) is 2. The summed E-state index contributed by atoms with van der Waals surface area (Å²) in [6, 6.07) is 22.5. The van der Waals surface area contributed by atoms with Gasteiger partial charge in [0.05, 0.1) is 17.7 Å². The predicted molar refractivity (Wildman–Crippen MR) is 90.5 cm³/mol. The standard InChI is InChI=1S/C20H24N2/c1-4-10-16(11-5-1)18-19(17-12-6-2-7-13-17)22-20(21-18)14-8-3-9-15-20/h1-2,4-7,10-13,18-19,21-22H,3,8-9,14-15H2. The van der Waals surface area contributed by atoms with E-state index in [1.54, 1.807) is 0 Å². The van der Waals surface area contributed by atoms with Crippen LogP contribution in [-0.2, 0) is 0 Å².